The van der Waals surface area contributed by atoms with E-state index in [4.69, 9.17) is 4.74 Å². The van der Waals surface area contributed by atoms with Crippen LogP contribution in [0.3, 0.4) is 0 Å². The van der Waals surface area contributed by atoms with E-state index in [2.05, 4.69) is 10.0 Å². The highest BCUT2D eigenvalue weighted by molar-refractivity contribution is 7.89. The summed E-state index contributed by atoms with van der Waals surface area (Å²) in [5, 5.41) is 2.76. The van der Waals surface area contributed by atoms with Gasteiger partial charge in [-0.3, -0.25) is 4.79 Å². The van der Waals surface area contributed by atoms with E-state index in [0.717, 1.165) is 11.3 Å². The lowest BCUT2D eigenvalue weighted by Gasteiger charge is -2.13. The number of anilines is 1. The molecule has 0 saturated heterocycles. The summed E-state index contributed by atoms with van der Waals surface area (Å²) in [5.41, 5.74) is 1.52. The van der Waals surface area contributed by atoms with Crippen molar-refractivity contribution in [2.45, 2.75) is 37.3 Å². The van der Waals surface area contributed by atoms with E-state index in [1.165, 1.54) is 12.1 Å². The van der Waals surface area contributed by atoms with Gasteiger partial charge in [0.25, 0.3) is 5.91 Å². The van der Waals surface area contributed by atoms with Crippen LogP contribution in [0, 0.1) is 0 Å². The molecule has 0 fully saturated rings. The van der Waals surface area contributed by atoms with Crippen molar-refractivity contribution >= 4 is 21.6 Å². The number of benzene rings is 2. The Morgan fingerprint density at radius 2 is 1.80 bits per heavy atom. The maximum absolute atomic E-state index is 12.3. The molecule has 0 radical (unpaired) electrons. The molecule has 25 heavy (non-hydrogen) atoms. The summed E-state index contributed by atoms with van der Waals surface area (Å²) in [6.45, 7) is 3.51. The third-order valence-corrected chi connectivity index (χ3v) is 5.44. The standard InChI is InChI=1S/C18H20N2O4S/c1-12(2)20-25(22,23)15-9-7-14(8-10-15)19-18(21)17-11-13-5-3-4-6-16(13)24-17/h3-10,12,17,20H,11H2,1-2H3,(H,19,21)/t17-/m1/s1. The van der Waals surface area contributed by atoms with Crippen molar-refractivity contribution < 1.29 is 17.9 Å². The van der Waals surface area contributed by atoms with Crippen molar-refractivity contribution in [3.8, 4) is 5.75 Å². The second-order valence-corrected chi connectivity index (χ2v) is 7.92. The average Bonchev–Trinajstić information content (AvgIpc) is 2.98. The number of para-hydroxylation sites is 1. The number of hydrogen-bond donors (Lipinski definition) is 2. The lowest BCUT2D eigenvalue weighted by atomic mass is 10.1. The first-order valence-corrected chi connectivity index (χ1v) is 9.51. The topological polar surface area (TPSA) is 84.5 Å². The van der Waals surface area contributed by atoms with Gasteiger partial charge in [0, 0.05) is 18.2 Å². The first-order chi connectivity index (χ1) is 11.8. The minimum atomic E-state index is -3.54. The number of carbonyl (C=O) groups is 1. The van der Waals surface area contributed by atoms with Gasteiger partial charge in [0.05, 0.1) is 4.90 Å². The van der Waals surface area contributed by atoms with Crippen LogP contribution in [0.2, 0.25) is 0 Å². The summed E-state index contributed by atoms with van der Waals surface area (Å²) in [6.07, 6.45) is -0.0596. The van der Waals surface area contributed by atoms with Crippen LogP contribution in [0.5, 0.6) is 5.75 Å². The van der Waals surface area contributed by atoms with Crippen molar-refractivity contribution in [1.82, 2.24) is 4.72 Å². The van der Waals surface area contributed by atoms with Crippen molar-refractivity contribution in [1.29, 1.82) is 0 Å². The molecule has 2 aromatic rings. The molecule has 6 nitrogen and oxygen atoms in total. The minimum absolute atomic E-state index is 0.156. The summed E-state index contributed by atoms with van der Waals surface area (Å²) in [6, 6.07) is 13.4. The summed E-state index contributed by atoms with van der Waals surface area (Å²) in [4.78, 5) is 12.5. The SMILES string of the molecule is CC(C)NS(=O)(=O)c1ccc(NC(=O)[C@H]2Cc3ccccc3O2)cc1. The van der Waals surface area contributed by atoms with E-state index in [-0.39, 0.29) is 16.8 Å². The summed E-state index contributed by atoms with van der Waals surface area (Å²) < 4.78 is 32.3. The van der Waals surface area contributed by atoms with E-state index in [9.17, 15) is 13.2 Å². The Morgan fingerprint density at radius 1 is 1.12 bits per heavy atom. The zero-order chi connectivity index (χ0) is 18.0. The number of ether oxygens (including phenoxy) is 1. The van der Waals surface area contributed by atoms with E-state index >= 15 is 0 Å². The molecule has 132 valence electrons. The quantitative estimate of drug-likeness (QED) is 0.857. The Balaban J connectivity index is 1.65. The van der Waals surface area contributed by atoms with E-state index in [1.54, 1.807) is 26.0 Å². The van der Waals surface area contributed by atoms with Gasteiger partial charge in [-0.2, -0.15) is 0 Å². The van der Waals surface area contributed by atoms with Crippen LogP contribution in [-0.4, -0.2) is 26.5 Å². The maximum atomic E-state index is 12.3. The highest BCUT2D eigenvalue weighted by atomic mass is 32.2. The van der Waals surface area contributed by atoms with E-state index < -0.39 is 16.1 Å². The first-order valence-electron chi connectivity index (χ1n) is 8.03. The Morgan fingerprint density at radius 3 is 2.44 bits per heavy atom. The van der Waals surface area contributed by atoms with Crippen molar-refractivity contribution in [2.75, 3.05) is 5.32 Å². The number of fused-ring (bicyclic) bond motifs is 1. The van der Waals surface area contributed by atoms with Gasteiger partial charge in [-0.25, -0.2) is 13.1 Å². The Labute approximate surface area is 147 Å². The van der Waals surface area contributed by atoms with Crippen LogP contribution in [-0.2, 0) is 21.2 Å². The number of amides is 1. The van der Waals surface area contributed by atoms with E-state index in [0.29, 0.717) is 12.1 Å². The van der Waals surface area contributed by atoms with Gasteiger partial charge in [-0.15, -0.1) is 0 Å². The highest BCUT2D eigenvalue weighted by Gasteiger charge is 2.28. The Hall–Kier alpha value is -2.38. The molecule has 7 heteroatoms. The molecule has 0 aliphatic carbocycles. The molecule has 2 N–H and O–H groups in total. The number of nitrogens with one attached hydrogen (secondary N) is 2. The van der Waals surface area contributed by atoms with Crippen LogP contribution in [0.4, 0.5) is 5.69 Å². The van der Waals surface area contributed by atoms with Gasteiger partial charge in [-0.1, -0.05) is 18.2 Å². The fourth-order valence-corrected chi connectivity index (χ4v) is 3.90. The normalized spacial score (nSPS) is 16.4. The number of sulfonamides is 1. The fourth-order valence-electron chi connectivity index (χ4n) is 2.65. The fraction of sp³-hybridized carbons (Fsp3) is 0.278. The Bertz CT molecular complexity index is 851. The maximum Gasteiger partial charge on any atom is 0.265 e. The van der Waals surface area contributed by atoms with Crippen LogP contribution in [0.1, 0.15) is 19.4 Å². The summed E-state index contributed by atoms with van der Waals surface area (Å²) in [5.74, 6) is 0.468. The molecule has 0 aromatic heterocycles. The van der Waals surface area contributed by atoms with Gasteiger partial charge in [0.1, 0.15) is 5.75 Å². The highest BCUT2D eigenvalue weighted by Crippen LogP contribution is 2.28. The zero-order valence-corrected chi connectivity index (χ0v) is 14.8. The molecular formula is C18H20N2O4S. The number of carbonyl (C=O) groups excluding carboxylic acids is 1. The second kappa shape index (κ2) is 6.85. The Kier molecular flexibility index (Phi) is 4.78. The monoisotopic (exact) mass is 360 g/mol. The average molecular weight is 360 g/mol. The molecule has 0 spiro atoms. The molecule has 1 aliphatic rings. The summed E-state index contributed by atoms with van der Waals surface area (Å²) in [7, 11) is -3.54. The van der Waals surface area contributed by atoms with Crippen LogP contribution < -0.4 is 14.8 Å². The van der Waals surface area contributed by atoms with Gasteiger partial charge in [0.15, 0.2) is 6.10 Å². The first kappa shape index (κ1) is 17.4. The van der Waals surface area contributed by atoms with Crippen LogP contribution >= 0.6 is 0 Å². The molecule has 0 unspecified atom stereocenters. The van der Waals surface area contributed by atoms with Crippen LogP contribution in [0.15, 0.2) is 53.4 Å². The van der Waals surface area contributed by atoms with Crippen molar-refractivity contribution in [3.63, 3.8) is 0 Å². The number of rotatable bonds is 5. The van der Waals surface area contributed by atoms with Gasteiger partial charge < -0.3 is 10.1 Å². The molecule has 0 bridgehead atoms. The van der Waals surface area contributed by atoms with Crippen LogP contribution in [0.25, 0.3) is 0 Å². The predicted octanol–water partition coefficient (Wildman–Crippen LogP) is 2.32. The largest absolute Gasteiger partial charge is 0.480 e. The zero-order valence-electron chi connectivity index (χ0n) is 14.0. The number of hydrogen-bond acceptors (Lipinski definition) is 4. The molecule has 0 saturated carbocycles. The third kappa shape index (κ3) is 4.00. The molecular weight excluding hydrogens is 340 g/mol. The lowest BCUT2D eigenvalue weighted by molar-refractivity contribution is -0.122. The molecule has 2 aromatic carbocycles. The minimum Gasteiger partial charge on any atom is -0.480 e. The predicted molar refractivity (Wildman–Crippen MR) is 95.1 cm³/mol. The van der Waals surface area contributed by atoms with Gasteiger partial charge in [-0.05, 0) is 49.7 Å². The molecule has 1 heterocycles. The second-order valence-electron chi connectivity index (χ2n) is 6.21. The van der Waals surface area contributed by atoms with Crippen molar-refractivity contribution in [2.24, 2.45) is 0 Å². The summed E-state index contributed by atoms with van der Waals surface area (Å²) >= 11 is 0. The molecule has 1 aliphatic heterocycles. The smallest absolute Gasteiger partial charge is 0.265 e. The molecule has 1 amide bonds. The molecule has 3 rings (SSSR count). The van der Waals surface area contributed by atoms with Gasteiger partial charge >= 0.3 is 0 Å². The van der Waals surface area contributed by atoms with Crippen molar-refractivity contribution in [3.05, 3.63) is 54.1 Å². The van der Waals surface area contributed by atoms with Gasteiger partial charge in [0.2, 0.25) is 10.0 Å². The van der Waals surface area contributed by atoms with E-state index in [1.807, 2.05) is 24.3 Å². The third-order valence-electron chi connectivity index (χ3n) is 3.76. The molecule has 1 atom stereocenters. The lowest BCUT2D eigenvalue weighted by Crippen LogP contribution is -2.31.